The Morgan fingerprint density at radius 3 is 2.60 bits per heavy atom. The van der Waals surface area contributed by atoms with Crippen molar-refractivity contribution in [2.24, 2.45) is 0 Å². The van der Waals surface area contributed by atoms with Crippen molar-refractivity contribution < 1.29 is 27.8 Å². The molecule has 1 saturated heterocycles. The summed E-state index contributed by atoms with van der Waals surface area (Å²) in [4.78, 5) is 10.5. The molecule has 1 atom stereocenters. The third-order valence-electron chi connectivity index (χ3n) is 3.29. The molecule has 8 heteroatoms. The van der Waals surface area contributed by atoms with E-state index in [0.29, 0.717) is 6.42 Å². The average Bonchev–Trinajstić information content (AvgIpc) is 2.79. The fourth-order valence-electron chi connectivity index (χ4n) is 2.11. The molecule has 1 fully saturated rings. The van der Waals surface area contributed by atoms with Crippen molar-refractivity contribution in [1.29, 1.82) is 0 Å². The standard InChI is InChI=1S/C12H14FNO5S/c1-7-10(13)4-8(12(16)17)5-11(7)20(18,19)14-3-2-9(15)6-14/h4-5,9,15H,2-3,6H2,1H3,(H,16,17). The summed E-state index contributed by atoms with van der Waals surface area (Å²) in [6.07, 6.45) is -0.447. The van der Waals surface area contributed by atoms with Gasteiger partial charge in [0.25, 0.3) is 0 Å². The van der Waals surface area contributed by atoms with E-state index >= 15 is 0 Å². The van der Waals surface area contributed by atoms with Crippen molar-refractivity contribution in [3.63, 3.8) is 0 Å². The number of aliphatic hydroxyl groups is 1. The number of aliphatic hydroxyl groups excluding tert-OH is 1. The molecule has 2 N–H and O–H groups in total. The Kier molecular flexibility index (Phi) is 3.81. The Morgan fingerprint density at radius 2 is 2.10 bits per heavy atom. The predicted molar refractivity (Wildman–Crippen MR) is 67.5 cm³/mol. The highest BCUT2D eigenvalue weighted by atomic mass is 32.2. The van der Waals surface area contributed by atoms with Gasteiger partial charge in [0, 0.05) is 18.7 Å². The third kappa shape index (κ3) is 2.54. The first kappa shape index (κ1) is 14.9. The average molecular weight is 303 g/mol. The maximum absolute atomic E-state index is 13.7. The van der Waals surface area contributed by atoms with Gasteiger partial charge in [-0.15, -0.1) is 0 Å². The van der Waals surface area contributed by atoms with Crippen LogP contribution in [0.5, 0.6) is 0 Å². The number of sulfonamides is 1. The van der Waals surface area contributed by atoms with Crippen LogP contribution in [0.1, 0.15) is 22.3 Å². The summed E-state index contributed by atoms with van der Waals surface area (Å²) in [5, 5.41) is 18.3. The van der Waals surface area contributed by atoms with E-state index in [0.717, 1.165) is 16.4 Å². The molecule has 1 heterocycles. The van der Waals surface area contributed by atoms with Gasteiger partial charge in [0.2, 0.25) is 10.0 Å². The quantitative estimate of drug-likeness (QED) is 0.852. The summed E-state index contributed by atoms with van der Waals surface area (Å²) in [6.45, 7) is 1.34. The first-order valence-corrected chi connectivity index (χ1v) is 7.39. The number of hydrogen-bond donors (Lipinski definition) is 2. The smallest absolute Gasteiger partial charge is 0.335 e. The Labute approximate surface area is 115 Å². The zero-order valence-corrected chi connectivity index (χ0v) is 11.5. The van der Waals surface area contributed by atoms with Gasteiger partial charge >= 0.3 is 5.97 Å². The molecule has 6 nitrogen and oxygen atoms in total. The van der Waals surface area contributed by atoms with Gasteiger partial charge in [-0.1, -0.05) is 0 Å². The number of benzene rings is 1. The maximum Gasteiger partial charge on any atom is 0.335 e. The predicted octanol–water partition coefficient (Wildman–Crippen LogP) is 0.588. The number of nitrogens with zero attached hydrogens (tertiary/aromatic N) is 1. The number of β-amino-alcohol motifs (C(OH)–C–C–N with tert-alkyl or cyclic N) is 1. The van der Waals surface area contributed by atoms with Crippen LogP contribution in [0.4, 0.5) is 4.39 Å². The van der Waals surface area contributed by atoms with Crippen molar-refractivity contribution in [3.05, 3.63) is 29.1 Å². The molecule has 1 aliphatic heterocycles. The van der Waals surface area contributed by atoms with Crippen molar-refractivity contribution in [1.82, 2.24) is 4.31 Å². The second-order valence-electron chi connectivity index (χ2n) is 4.69. The van der Waals surface area contributed by atoms with Crippen LogP contribution in [-0.4, -0.2) is 48.1 Å². The number of carboxylic acid groups (broad SMARTS) is 1. The minimum absolute atomic E-state index is 0.0688. The van der Waals surface area contributed by atoms with Gasteiger partial charge in [0.15, 0.2) is 0 Å². The van der Waals surface area contributed by atoms with Crippen molar-refractivity contribution >= 4 is 16.0 Å². The minimum atomic E-state index is -4.01. The van der Waals surface area contributed by atoms with Gasteiger partial charge in [-0.25, -0.2) is 17.6 Å². The highest BCUT2D eigenvalue weighted by Crippen LogP contribution is 2.26. The van der Waals surface area contributed by atoms with E-state index in [4.69, 9.17) is 5.11 Å². The largest absolute Gasteiger partial charge is 0.478 e. The first-order chi connectivity index (χ1) is 9.23. The van der Waals surface area contributed by atoms with Crippen molar-refractivity contribution in [2.75, 3.05) is 13.1 Å². The second-order valence-corrected chi connectivity index (χ2v) is 6.60. The number of carboxylic acids is 1. The van der Waals surface area contributed by atoms with Crippen LogP contribution in [0.25, 0.3) is 0 Å². The summed E-state index contributed by atoms with van der Waals surface area (Å²) in [5.41, 5.74) is -0.553. The van der Waals surface area contributed by atoms with Gasteiger partial charge in [0.1, 0.15) is 5.82 Å². The molecule has 0 radical (unpaired) electrons. The number of aromatic carboxylic acids is 1. The zero-order valence-electron chi connectivity index (χ0n) is 10.7. The third-order valence-corrected chi connectivity index (χ3v) is 5.28. The number of rotatable bonds is 3. The van der Waals surface area contributed by atoms with Crippen molar-refractivity contribution in [3.8, 4) is 0 Å². The Hall–Kier alpha value is -1.51. The lowest BCUT2D eigenvalue weighted by atomic mass is 10.1. The molecular weight excluding hydrogens is 289 g/mol. The first-order valence-electron chi connectivity index (χ1n) is 5.95. The Morgan fingerprint density at radius 1 is 1.45 bits per heavy atom. The van der Waals surface area contributed by atoms with Crippen LogP contribution in [0.15, 0.2) is 17.0 Å². The van der Waals surface area contributed by atoms with Gasteiger partial charge < -0.3 is 10.2 Å². The summed E-state index contributed by atoms with van der Waals surface area (Å²) in [7, 11) is -4.01. The fourth-order valence-corrected chi connectivity index (χ4v) is 3.87. The number of hydrogen-bond acceptors (Lipinski definition) is 4. The molecule has 0 amide bonds. The lowest BCUT2D eigenvalue weighted by Crippen LogP contribution is -2.30. The summed E-state index contributed by atoms with van der Waals surface area (Å²) in [5.74, 6) is -2.29. The maximum atomic E-state index is 13.7. The van der Waals surface area contributed by atoms with Gasteiger partial charge in [-0.05, 0) is 25.5 Å². The molecule has 1 aliphatic rings. The number of carbonyl (C=O) groups is 1. The Bertz CT molecular complexity index is 658. The summed E-state index contributed by atoms with van der Waals surface area (Å²) < 4.78 is 39.5. The summed E-state index contributed by atoms with van der Waals surface area (Å²) >= 11 is 0. The molecule has 2 rings (SSSR count). The van der Waals surface area contributed by atoms with E-state index in [2.05, 4.69) is 0 Å². The molecule has 0 saturated carbocycles. The molecule has 1 unspecified atom stereocenters. The Balaban J connectivity index is 2.54. The van der Waals surface area contributed by atoms with E-state index in [1.165, 1.54) is 6.92 Å². The molecule has 1 aromatic carbocycles. The summed E-state index contributed by atoms with van der Waals surface area (Å²) in [6, 6.07) is 1.73. The fraction of sp³-hybridized carbons (Fsp3) is 0.417. The molecular formula is C12H14FNO5S. The second kappa shape index (κ2) is 5.12. The highest BCUT2D eigenvalue weighted by Gasteiger charge is 2.33. The lowest BCUT2D eigenvalue weighted by Gasteiger charge is -2.18. The van der Waals surface area contributed by atoms with Gasteiger partial charge in [-0.3, -0.25) is 0 Å². The van der Waals surface area contributed by atoms with Crippen LogP contribution in [-0.2, 0) is 10.0 Å². The van der Waals surface area contributed by atoms with Crippen LogP contribution in [0, 0.1) is 12.7 Å². The molecule has 1 aromatic rings. The molecule has 0 aromatic heterocycles. The lowest BCUT2D eigenvalue weighted by molar-refractivity contribution is 0.0696. The topological polar surface area (TPSA) is 94.9 Å². The molecule has 20 heavy (non-hydrogen) atoms. The van der Waals surface area contributed by atoms with E-state index in [9.17, 15) is 22.7 Å². The highest BCUT2D eigenvalue weighted by molar-refractivity contribution is 7.89. The SMILES string of the molecule is Cc1c(F)cc(C(=O)O)cc1S(=O)(=O)N1CCC(O)C1. The van der Waals surface area contributed by atoms with Crippen LogP contribution in [0.2, 0.25) is 0 Å². The van der Waals surface area contributed by atoms with E-state index in [-0.39, 0.29) is 23.5 Å². The molecule has 0 bridgehead atoms. The zero-order chi connectivity index (χ0) is 15.1. The van der Waals surface area contributed by atoms with E-state index < -0.39 is 33.5 Å². The monoisotopic (exact) mass is 303 g/mol. The number of halogens is 1. The van der Waals surface area contributed by atoms with Crippen LogP contribution in [0.3, 0.4) is 0 Å². The molecule has 110 valence electrons. The van der Waals surface area contributed by atoms with Gasteiger partial charge in [0.05, 0.1) is 16.6 Å². The molecule has 0 spiro atoms. The van der Waals surface area contributed by atoms with E-state index in [1.807, 2.05) is 0 Å². The van der Waals surface area contributed by atoms with Gasteiger partial charge in [-0.2, -0.15) is 4.31 Å². The molecule has 0 aliphatic carbocycles. The van der Waals surface area contributed by atoms with E-state index in [1.54, 1.807) is 0 Å². The normalized spacial score (nSPS) is 20.2. The van der Waals surface area contributed by atoms with Crippen LogP contribution >= 0.6 is 0 Å². The van der Waals surface area contributed by atoms with Crippen LogP contribution < -0.4 is 0 Å². The minimum Gasteiger partial charge on any atom is -0.478 e. The van der Waals surface area contributed by atoms with Crippen molar-refractivity contribution in [2.45, 2.75) is 24.3 Å².